The van der Waals surface area contributed by atoms with Crippen LogP contribution in [0.5, 0.6) is 0 Å². The lowest BCUT2D eigenvalue weighted by Gasteiger charge is -2.27. The maximum absolute atomic E-state index is 9.29. The van der Waals surface area contributed by atoms with Crippen molar-refractivity contribution in [1.29, 1.82) is 0 Å². The summed E-state index contributed by atoms with van der Waals surface area (Å²) >= 11 is 1.75. The number of aliphatic hydroxyl groups is 1. The molecule has 0 saturated heterocycles. The quantitative estimate of drug-likeness (QED) is 0.725. The summed E-state index contributed by atoms with van der Waals surface area (Å²) in [6, 6.07) is 6.52. The van der Waals surface area contributed by atoms with Crippen molar-refractivity contribution >= 4 is 11.8 Å². The minimum atomic E-state index is 0.127. The summed E-state index contributed by atoms with van der Waals surface area (Å²) in [6.07, 6.45) is 3.15. The van der Waals surface area contributed by atoms with Crippen molar-refractivity contribution in [1.82, 2.24) is 5.32 Å². The van der Waals surface area contributed by atoms with Gasteiger partial charge in [-0.05, 0) is 36.4 Å². The number of benzene rings is 1. The van der Waals surface area contributed by atoms with Gasteiger partial charge >= 0.3 is 0 Å². The molecule has 1 aromatic rings. The molecule has 0 fully saturated rings. The Balaban J connectivity index is 2.46. The fraction of sp³-hybridized carbons (Fsp3) is 0.455. The minimum absolute atomic E-state index is 0.127. The van der Waals surface area contributed by atoms with E-state index in [1.807, 2.05) is 0 Å². The molecule has 0 radical (unpaired) electrons. The normalized spacial score (nSPS) is 20.6. The van der Waals surface area contributed by atoms with Gasteiger partial charge < -0.3 is 10.4 Å². The molecule has 0 aliphatic carbocycles. The standard InChI is InChI=1S/C11H15NOS/c1-14-10-4-2-3-8-5-6-12-9(7-13)11(8)10/h2-4,9,12-13H,5-7H2,1H3/t9-/m0/s1. The molecule has 1 heterocycles. The zero-order chi connectivity index (χ0) is 9.97. The van der Waals surface area contributed by atoms with Crippen molar-refractivity contribution in [2.45, 2.75) is 17.4 Å². The highest BCUT2D eigenvalue weighted by molar-refractivity contribution is 7.98. The topological polar surface area (TPSA) is 32.3 Å². The number of hydrogen-bond donors (Lipinski definition) is 2. The Morgan fingerprint density at radius 1 is 1.57 bits per heavy atom. The van der Waals surface area contributed by atoms with Crippen LogP contribution in [0, 0.1) is 0 Å². The molecule has 2 rings (SSSR count). The van der Waals surface area contributed by atoms with Crippen LogP contribution in [0.2, 0.25) is 0 Å². The average Bonchev–Trinajstić information content (AvgIpc) is 2.27. The van der Waals surface area contributed by atoms with Crippen LogP contribution in [0.1, 0.15) is 17.2 Å². The van der Waals surface area contributed by atoms with E-state index in [2.05, 4.69) is 29.8 Å². The molecule has 0 aromatic heterocycles. The molecular formula is C11H15NOS. The SMILES string of the molecule is CSc1cccc2c1[C@H](CO)NCC2. The Kier molecular flexibility index (Phi) is 3.11. The molecule has 14 heavy (non-hydrogen) atoms. The van der Waals surface area contributed by atoms with Crippen LogP contribution >= 0.6 is 11.8 Å². The van der Waals surface area contributed by atoms with Crippen molar-refractivity contribution < 1.29 is 5.11 Å². The van der Waals surface area contributed by atoms with Crippen molar-refractivity contribution in [3.63, 3.8) is 0 Å². The lowest BCUT2D eigenvalue weighted by Crippen LogP contribution is -2.32. The highest BCUT2D eigenvalue weighted by Gasteiger charge is 2.21. The predicted octanol–water partition coefficient (Wildman–Crippen LogP) is 1.59. The van der Waals surface area contributed by atoms with E-state index >= 15 is 0 Å². The fourth-order valence-electron chi connectivity index (χ4n) is 2.02. The van der Waals surface area contributed by atoms with Gasteiger partial charge in [-0.15, -0.1) is 11.8 Å². The number of fused-ring (bicyclic) bond motifs is 1. The number of thioether (sulfide) groups is 1. The average molecular weight is 209 g/mol. The largest absolute Gasteiger partial charge is 0.394 e. The van der Waals surface area contributed by atoms with Gasteiger partial charge in [0, 0.05) is 4.90 Å². The zero-order valence-electron chi connectivity index (χ0n) is 8.29. The molecular weight excluding hydrogens is 194 g/mol. The lowest BCUT2D eigenvalue weighted by molar-refractivity contribution is 0.238. The van der Waals surface area contributed by atoms with Gasteiger partial charge in [-0.25, -0.2) is 0 Å². The van der Waals surface area contributed by atoms with Gasteiger partial charge in [-0.3, -0.25) is 0 Å². The second-order valence-corrected chi connectivity index (χ2v) is 4.32. The van der Waals surface area contributed by atoms with Crippen LogP contribution in [0.3, 0.4) is 0 Å². The van der Waals surface area contributed by atoms with E-state index in [0.717, 1.165) is 13.0 Å². The summed E-state index contributed by atoms with van der Waals surface area (Å²) in [5.74, 6) is 0. The van der Waals surface area contributed by atoms with E-state index in [9.17, 15) is 5.11 Å². The monoisotopic (exact) mass is 209 g/mol. The Morgan fingerprint density at radius 3 is 3.14 bits per heavy atom. The van der Waals surface area contributed by atoms with Crippen LogP contribution in [-0.2, 0) is 6.42 Å². The van der Waals surface area contributed by atoms with Gasteiger partial charge in [0.1, 0.15) is 0 Å². The van der Waals surface area contributed by atoms with Crippen molar-refractivity contribution in [2.75, 3.05) is 19.4 Å². The third kappa shape index (κ3) is 1.67. The van der Waals surface area contributed by atoms with Gasteiger partial charge in [0.05, 0.1) is 12.6 Å². The third-order valence-corrected chi connectivity index (χ3v) is 3.49. The van der Waals surface area contributed by atoms with Crippen molar-refractivity contribution in [3.8, 4) is 0 Å². The fourth-order valence-corrected chi connectivity index (χ4v) is 2.73. The molecule has 2 N–H and O–H groups in total. The van der Waals surface area contributed by atoms with E-state index in [-0.39, 0.29) is 12.6 Å². The summed E-state index contributed by atoms with van der Waals surface area (Å²) < 4.78 is 0. The number of hydrogen-bond acceptors (Lipinski definition) is 3. The molecule has 0 amide bonds. The molecule has 1 aromatic carbocycles. The second kappa shape index (κ2) is 4.34. The van der Waals surface area contributed by atoms with Crippen LogP contribution in [0.15, 0.2) is 23.1 Å². The van der Waals surface area contributed by atoms with Gasteiger partial charge in [0.15, 0.2) is 0 Å². The molecule has 1 atom stereocenters. The van der Waals surface area contributed by atoms with Gasteiger partial charge in [0.2, 0.25) is 0 Å². The minimum Gasteiger partial charge on any atom is -0.394 e. The van der Waals surface area contributed by atoms with Gasteiger partial charge in [0.25, 0.3) is 0 Å². The predicted molar refractivity (Wildman–Crippen MR) is 59.8 cm³/mol. The summed E-state index contributed by atoms with van der Waals surface area (Å²) in [6.45, 7) is 1.15. The first-order valence-corrected chi connectivity index (χ1v) is 6.09. The van der Waals surface area contributed by atoms with Crippen LogP contribution in [0.25, 0.3) is 0 Å². The number of aliphatic hydroxyl groups excluding tert-OH is 1. The Bertz CT molecular complexity index is 313. The zero-order valence-corrected chi connectivity index (χ0v) is 9.10. The highest BCUT2D eigenvalue weighted by atomic mass is 32.2. The van der Waals surface area contributed by atoms with Gasteiger partial charge in [-0.1, -0.05) is 12.1 Å². The molecule has 3 heteroatoms. The second-order valence-electron chi connectivity index (χ2n) is 3.47. The third-order valence-electron chi connectivity index (χ3n) is 2.69. The smallest absolute Gasteiger partial charge is 0.0627 e. The lowest BCUT2D eigenvalue weighted by atomic mass is 9.95. The Hall–Kier alpha value is -0.510. The first-order valence-electron chi connectivity index (χ1n) is 4.87. The first-order chi connectivity index (χ1) is 6.86. The molecule has 2 nitrogen and oxygen atoms in total. The number of rotatable bonds is 2. The number of nitrogens with one attached hydrogen (secondary N) is 1. The van der Waals surface area contributed by atoms with E-state index in [4.69, 9.17) is 0 Å². The maximum Gasteiger partial charge on any atom is 0.0627 e. The van der Waals surface area contributed by atoms with Crippen LogP contribution in [0.4, 0.5) is 0 Å². The van der Waals surface area contributed by atoms with Crippen molar-refractivity contribution in [2.24, 2.45) is 0 Å². The van der Waals surface area contributed by atoms with E-state index in [1.54, 1.807) is 11.8 Å². The van der Waals surface area contributed by atoms with E-state index in [0.29, 0.717) is 0 Å². The summed E-state index contributed by atoms with van der Waals surface area (Å²) in [7, 11) is 0. The molecule has 0 saturated carbocycles. The maximum atomic E-state index is 9.29. The first kappa shape index (κ1) is 10.0. The molecule has 1 aliphatic rings. The summed E-state index contributed by atoms with van der Waals surface area (Å²) in [5, 5.41) is 12.6. The van der Waals surface area contributed by atoms with Crippen LogP contribution < -0.4 is 5.32 Å². The molecule has 1 aliphatic heterocycles. The van der Waals surface area contributed by atoms with Crippen LogP contribution in [-0.4, -0.2) is 24.5 Å². The Labute approximate surface area is 88.7 Å². The molecule has 0 spiro atoms. The molecule has 0 bridgehead atoms. The summed E-state index contributed by atoms with van der Waals surface area (Å²) in [4.78, 5) is 1.29. The van der Waals surface area contributed by atoms with E-state index in [1.165, 1.54) is 16.0 Å². The highest BCUT2D eigenvalue weighted by Crippen LogP contribution is 2.31. The Morgan fingerprint density at radius 2 is 2.43 bits per heavy atom. The summed E-state index contributed by atoms with van der Waals surface area (Å²) in [5.41, 5.74) is 2.68. The van der Waals surface area contributed by atoms with Gasteiger partial charge in [-0.2, -0.15) is 0 Å². The van der Waals surface area contributed by atoms with E-state index < -0.39 is 0 Å². The molecule has 76 valence electrons. The van der Waals surface area contributed by atoms with Crippen molar-refractivity contribution in [3.05, 3.63) is 29.3 Å². The molecule has 0 unspecified atom stereocenters.